The molecule has 1 aliphatic heterocycles. The Hall–Kier alpha value is -0.930. The van der Waals surface area contributed by atoms with Crippen molar-refractivity contribution in [3.63, 3.8) is 0 Å². The van der Waals surface area contributed by atoms with Gasteiger partial charge >= 0.3 is 0 Å². The van der Waals surface area contributed by atoms with Gasteiger partial charge in [0.15, 0.2) is 0 Å². The molecule has 1 saturated heterocycles. The van der Waals surface area contributed by atoms with Crippen LogP contribution >= 0.6 is 0 Å². The van der Waals surface area contributed by atoms with Crippen molar-refractivity contribution in [2.24, 2.45) is 5.92 Å². The first-order valence-electron chi connectivity index (χ1n) is 7.54. The largest absolute Gasteiger partial charge is 0.385 e. The van der Waals surface area contributed by atoms with E-state index >= 15 is 0 Å². The second kappa shape index (κ2) is 5.82. The molecule has 20 heavy (non-hydrogen) atoms. The summed E-state index contributed by atoms with van der Waals surface area (Å²) < 4.78 is 14.3. The Labute approximate surface area is 121 Å². The fraction of sp³-hybridized carbons (Fsp3) is 0.647. The summed E-state index contributed by atoms with van der Waals surface area (Å²) in [6.45, 7) is 10.9. The number of piperidine rings is 1. The Morgan fingerprint density at radius 2 is 1.85 bits per heavy atom. The van der Waals surface area contributed by atoms with Crippen LogP contribution in [0.25, 0.3) is 0 Å². The molecular weight excluding hydrogens is 253 g/mol. The van der Waals surface area contributed by atoms with Gasteiger partial charge in [-0.1, -0.05) is 19.9 Å². The predicted octanol–water partition coefficient (Wildman–Crippen LogP) is 3.38. The van der Waals surface area contributed by atoms with Gasteiger partial charge in [0.1, 0.15) is 5.82 Å². The summed E-state index contributed by atoms with van der Waals surface area (Å²) in [5.41, 5.74) is 1.27. The van der Waals surface area contributed by atoms with Gasteiger partial charge in [0.2, 0.25) is 0 Å². The second-order valence-corrected chi connectivity index (χ2v) is 6.66. The molecule has 1 heterocycles. The molecule has 0 aromatic heterocycles. The minimum Gasteiger partial charge on any atom is -0.385 e. The third kappa shape index (κ3) is 3.21. The lowest BCUT2D eigenvalue weighted by atomic mass is 9.81. The Morgan fingerprint density at radius 1 is 1.25 bits per heavy atom. The van der Waals surface area contributed by atoms with Gasteiger partial charge in [0.05, 0.1) is 5.60 Å². The van der Waals surface area contributed by atoms with Crippen molar-refractivity contribution in [1.29, 1.82) is 0 Å². The maximum absolute atomic E-state index is 14.3. The topological polar surface area (TPSA) is 23.5 Å². The molecule has 0 aliphatic carbocycles. The monoisotopic (exact) mass is 279 g/mol. The summed E-state index contributed by atoms with van der Waals surface area (Å²) in [6.07, 6.45) is 1.22. The van der Waals surface area contributed by atoms with Crippen LogP contribution < -0.4 is 0 Å². The summed E-state index contributed by atoms with van der Waals surface area (Å²) in [5.74, 6) is 0.362. The number of benzene rings is 1. The Morgan fingerprint density at radius 3 is 2.35 bits per heavy atom. The maximum Gasteiger partial charge on any atom is 0.129 e. The predicted molar refractivity (Wildman–Crippen MR) is 80.3 cm³/mol. The molecule has 1 aliphatic rings. The molecule has 0 unspecified atom stereocenters. The molecule has 0 radical (unpaired) electrons. The molecule has 1 aromatic carbocycles. The van der Waals surface area contributed by atoms with Crippen LogP contribution in [0.3, 0.4) is 0 Å². The number of hydrogen-bond acceptors (Lipinski definition) is 2. The van der Waals surface area contributed by atoms with Crippen molar-refractivity contribution in [2.75, 3.05) is 19.6 Å². The van der Waals surface area contributed by atoms with Crippen LogP contribution in [0.1, 0.15) is 43.4 Å². The van der Waals surface area contributed by atoms with Crippen molar-refractivity contribution in [3.8, 4) is 0 Å². The van der Waals surface area contributed by atoms with Gasteiger partial charge in [-0.25, -0.2) is 4.39 Å². The first-order valence-corrected chi connectivity index (χ1v) is 7.54. The third-order valence-electron chi connectivity index (χ3n) is 4.20. The lowest BCUT2D eigenvalue weighted by molar-refractivity contribution is -0.0309. The number of aryl methyl sites for hydroxylation is 2. The second-order valence-electron chi connectivity index (χ2n) is 6.66. The van der Waals surface area contributed by atoms with E-state index in [0.29, 0.717) is 24.3 Å². The van der Waals surface area contributed by atoms with Gasteiger partial charge in [-0.05, 0) is 49.8 Å². The van der Waals surface area contributed by atoms with E-state index in [2.05, 4.69) is 18.7 Å². The minimum atomic E-state index is -1.00. The first kappa shape index (κ1) is 15.5. The van der Waals surface area contributed by atoms with Crippen molar-refractivity contribution in [2.45, 2.75) is 46.1 Å². The number of likely N-dealkylation sites (tertiary alicyclic amines) is 1. The van der Waals surface area contributed by atoms with Crippen LogP contribution in [0.2, 0.25) is 0 Å². The molecule has 2 nitrogen and oxygen atoms in total. The van der Waals surface area contributed by atoms with Gasteiger partial charge in [-0.3, -0.25) is 0 Å². The number of rotatable bonds is 3. The van der Waals surface area contributed by atoms with E-state index in [1.54, 1.807) is 0 Å². The van der Waals surface area contributed by atoms with Crippen molar-refractivity contribution >= 4 is 0 Å². The summed E-state index contributed by atoms with van der Waals surface area (Å²) in [6, 6.07) is 3.48. The van der Waals surface area contributed by atoms with Crippen LogP contribution in [-0.2, 0) is 5.60 Å². The molecule has 1 aromatic rings. The molecule has 0 spiro atoms. The zero-order chi connectivity index (χ0) is 14.9. The summed E-state index contributed by atoms with van der Waals surface area (Å²) in [5, 5.41) is 10.9. The van der Waals surface area contributed by atoms with E-state index in [1.807, 2.05) is 19.9 Å². The zero-order valence-corrected chi connectivity index (χ0v) is 13.0. The molecule has 0 bridgehead atoms. The number of aliphatic hydroxyl groups is 1. The molecule has 0 amide bonds. The molecule has 112 valence electrons. The quantitative estimate of drug-likeness (QED) is 0.917. The van der Waals surface area contributed by atoms with Crippen LogP contribution in [0, 0.1) is 25.6 Å². The normalized spacial score (nSPS) is 19.6. The highest BCUT2D eigenvalue weighted by Crippen LogP contribution is 2.36. The molecule has 3 heteroatoms. The van der Waals surface area contributed by atoms with Crippen LogP contribution in [0.4, 0.5) is 4.39 Å². The van der Waals surface area contributed by atoms with Gasteiger partial charge in [-0.15, -0.1) is 0 Å². The number of nitrogens with zero attached hydrogens (tertiary/aromatic N) is 1. The SMILES string of the molecule is Cc1cc(C)c(C2(O)CCN(CC(C)C)CC2)c(F)c1. The maximum atomic E-state index is 14.3. The zero-order valence-electron chi connectivity index (χ0n) is 13.0. The van der Waals surface area contributed by atoms with Crippen LogP contribution in [-0.4, -0.2) is 29.6 Å². The van der Waals surface area contributed by atoms with E-state index in [1.165, 1.54) is 6.07 Å². The standard InChI is InChI=1S/C17H26FNO/c1-12(2)11-19-7-5-17(20,6-8-19)16-14(4)9-13(3)10-15(16)18/h9-10,12,20H,5-8,11H2,1-4H3. The molecule has 0 saturated carbocycles. The summed E-state index contributed by atoms with van der Waals surface area (Å²) >= 11 is 0. The lowest BCUT2D eigenvalue weighted by Crippen LogP contribution is -2.44. The molecule has 2 rings (SSSR count). The van der Waals surface area contributed by atoms with Crippen molar-refractivity contribution in [1.82, 2.24) is 4.90 Å². The van der Waals surface area contributed by atoms with Gasteiger partial charge in [-0.2, -0.15) is 0 Å². The molecule has 0 atom stereocenters. The van der Waals surface area contributed by atoms with E-state index < -0.39 is 5.60 Å². The Balaban J connectivity index is 2.18. The third-order valence-corrected chi connectivity index (χ3v) is 4.20. The van der Waals surface area contributed by atoms with Crippen molar-refractivity contribution < 1.29 is 9.50 Å². The average molecular weight is 279 g/mol. The van der Waals surface area contributed by atoms with Crippen LogP contribution in [0.5, 0.6) is 0 Å². The van der Waals surface area contributed by atoms with Gasteiger partial charge in [0, 0.05) is 25.2 Å². The smallest absolute Gasteiger partial charge is 0.129 e. The summed E-state index contributed by atoms with van der Waals surface area (Å²) in [7, 11) is 0. The van der Waals surface area contributed by atoms with Gasteiger partial charge < -0.3 is 10.0 Å². The lowest BCUT2D eigenvalue weighted by Gasteiger charge is -2.40. The Bertz CT molecular complexity index is 453. The van der Waals surface area contributed by atoms with E-state index in [4.69, 9.17) is 0 Å². The Kier molecular flexibility index (Phi) is 4.50. The number of hydrogen-bond donors (Lipinski definition) is 1. The number of halogens is 1. The molecule has 1 fully saturated rings. The summed E-state index contributed by atoms with van der Waals surface area (Å²) in [4.78, 5) is 2.36. The highest BCUT2D eigenvalue weighted by atomic mass is 19.1. The fourth-order valence-corrected chi connectivity index (χ4v) is 3.38. The highest BCUT2D eigenvalue weighted by Gasteiger charge is 2.37. The molecule has 1 N–H and O–H groups in total. The minimum absolute atomic E-state index is 0.262. The fourth-order valence-electron chi connectivity index (χ4n) is 3.38. The highest BCUT2D eigenvalue weighted by molar-refractivity contribution is 5.36. The van der Waals surface area contributed by atoms with Crippen molar-refractivity contribution in [3.05, 3.63) is 34.6 Å². The van der Waals surface area contributed by atoms with Crippen LogP contribution in [0.15, 0.2) is 12.1 Å². The van der Waals surface area contributed by atoms with Gasteiger partial charge in [0.25, 0.3) is 0 Å². The molecular formula is C17H26FNO. The van der Waals surface area contributed by atoms with E-state index in [-0.39, 0.29) is 5.82 Å². The van der Waals surface area contributed by atoms with E-state index in [0.717, 1.165) is 30.8 Å². The average Bonchev–Trinajstić information content (AvgIpc) is 2.30. The first-order chi connectivity index (χ1) is 9.32. The van der Waals surface area contributed by atoms with E-state index in [9.17, 15) is 9.50 Å².